The number of hydrogen-bond acceptors (Lipinski definition) is 2. The molecular formula is C30H26BrI2N3. The summed E-state index contributed by atoms with van der Waals surface area (Å²) in [6.07, 6.45) is 4.84. The molecule has 0 aliphatic carbocycles. The Hall–Kier alpha value is -2.22. The van der Waals surface area contributed by atoms with Crippen molar-refractivity contribution in [3.05, 3.63) is 104 Å². The molecule has 3 nitrogen and oxygen atoms in total. The maximum atomic E-state index is 8.83. The SMILES string of the molecule is CN(CCC#N)c1ccc(C=Cc2cc(-c3ccc(I)cc3)cc(-c3ccc(Br)cc3)[n+]2C)cc1.[I-]. The van der Waals surface area contributed by atoms with Gasteiger partial charge >= 0.3 is 0 Å². The fourth-order valence-corrected chi connectivity index (χ4v) is 4.54. The molecule has 0 saturated heterocycles. The zero-order valence-corrected chi connectivity index (χ0v) is 26.0. The highest BCUT2D eigenvalue weighted by molar-refractivity contribution is 14.1. The second-order valence-corrected chi connectivity index (χ2v) is 10.5. The lowest BCUT2D eigenvalue weighted by Crippen LogP contribution is -3.00. The molecule has 0 saturated carbocycles. The first-order chi connectivity index (χ1) is 16.9. The summed E-state index contributed by atoms with van der Waals surface area (Å²) in [7, 11) is 4.13. The summed E-state index contributed by atoms with van der Waals surface area (Å²) in [4.78, 5) is 2.10. The molecule has 3 aromatic carbocycles. The van der Waals surface area contributed by atoms with Gasteiger partial charge in [-0.2, -0.15) is 9.83 Å². The fraction of sp³-hybridized carbons (Fsp3) is 0.133. The van der Waals surface area contributed by atoms with Gasteiger partial charge in [0.05, 0.1) is 12.5 Å². The van der Waals surface area contributed by atoms with E-state index in [1.165, 1.54) is 20.3 Å². The lowest BCUT2D eigenvalue weighted by molar-refractivity contribution is -0.662. The molecule has 0 aliphatic rings. The molecule has 1 aromatic heterocycles. The van der Waals surface area contributed by atoms with Crippen LogP contribution < -0.4 is 33.4 Å². The Kier molecular flexibility index (Phi) is 10.5. The van der Waals surface area contributed by atoms with E-state index in [0.29, 0.717) is 6.42 Å². The van der Waals surface area contributed by atoms with Crippen molar-refractivity contribution in [3.63, 3.8) is 0 Å². The minimum Gasteiger partial charge on any atom is -1.00 e. The third kappa shape index (κ3) is 7.17. The molecule has 4 aromatic rings. The molecule has 1 heterocycles. The van der Waals surface area contributed by atoms with Gasteiger partial charge in [-0.05, 0) is 93.9 Å². The average molecular weight is 762 g/mol. The van der Waals surface area contributed by atoms with Gasteiger partial charge in [0.25, 0.3) is 0 Å². The second-order valence-electron chi connectivity index (χ2n) is 8.38. The Bertz CT molecular complexity index is 1370. The number of aromatic nitrogens is 1. The zero-order chi connectivity index (χ0) is 24.8. The number of rotatable bonds is 7. The van der Waals surface area contributed by atoms with Gasteiger partial charge in [-0.3, -0.25) is 0 Å². The van der Waals surface area contributed by atoms with Crippen LogP contribution in [0.4, 0.5) is 5.69 Å². The summed E-state index contributed by atoms with van der Waals surface area (Å²) in [6.45, 7) is 0.728. The molecule has 0 spiro atoms. The quantitative estimate of drug-likeness (QED) is 0.202. The number of halogens is 3. The Morgan fingerprint density at radius 1 is 0.889 bits per heavy atom. The van der Waals surface area contributed by atoms with Crippen LogP contribution in [0.25, 0.3) is 34.5 Å². The Balaban J connectivity index is 0.00000361. The molecule has 0 atom stereocenters. The molecule has 6 heteroatoms. The van der Waals surface area contributed by atoms with Gasteiger partial charge in [0.15, 0.2) is 0 Å². The van der Waals surface area contributed by atoms with Crippen LogP contribution in [-0.2, 0) is 7.05 Å². The van der Waals surface area contributed by atoms with Gasteiger partial charge in [-0.1, -0.05) is 40.2 Å². The van der Waals surface area contributed by atoms with Gasteiger partial charge in [0.1, 0.15) is 7.05 Å². The minimum absolute atomic E-state index is 0. The van der Waals surface area contributed by atoms with Crippen molar-refractivity contribution in [2.45, 2.75) is 6.42 Å². The predicted molar refractivity (Wildman–Crippen MR) is 158 cm³/mol. The van der Waals surface area contributed by atoms with E-state index in [4.69, 9.17) is 5.26 Å². The molecular weight excluding hydrogens is 736 g/mol. The number of nitrogens with zero attached hydrogens (tertiary/aromatic N) is 3. The number of pyridine rings is 1. The first-order valence-corrected chi connectivity index (χ1v) is 13.2. The van der Waals surface area contributed by atoms with Crippen LogP contribution in [0.5, 0.6) is 0 Å². The summed E-state index contributed by atoms with van der Waals surface area (Å²) < 4.78 is 4.53. The zero-order valence-electron chi connectivity index (χ0n) is 20.1. The number of anilines is 1. The van der Waals surface area contributed by atoms with Gasteiger partial charge in [0.2, 0.25) is 11.4 Å². The van der Waals surface area contributed by atoms with Crippen LogP contribution in [0.15, 0.2) is 89.4 Å². The highest BCUT2D eigenvalue weighted by Crippen LogP contribution is 2.27. The van der Waals surface area contributed by atoms with Crippen LogP contribution >= 0.6 is 38.5 Å². The van der Waals surface area contributed by atoms with Crippen molar-refractivity contribution < 1.29 is 28.5 Å². The van der Waals surface area contributed by atoms with E-state index in [1.807, 2.05) is 7.05 Å². The largest absolute Gasteiger partial charge is 1.00 e. The molecule has 0 aliphatic heterocycles. The lowest BCUT2D eigenvalue weighted by atomic mass is 10.0. The smallest absolute Gasteiger partial charge is 0.213 e. The average Bonchev–Trinajstić information content (AvgIpc) is 2.88. The normalized spacial score (nSPS) is 10.6. The first-order valence-electron chi connectivity index (χ1n) is 11.4. The van der Waals surface area contributed by atoms with Crippen molar-refractivity contribution in [2.75, 3.05) is 18.5 Å². The molecule has 36 heavy (non-hydrogen) atoms. The molecule has 0 bridgehead atoms. The van der Waals surface area contributed by atoms with E-state index >= 15 is 0 Å². The molecule has 4 rings (SSSR count). The highest BCUT2D eigenvalue weighted by atomic mass is 127. The fourth-order valence-electron chi connectivity index (χ4n) is 3.92. The summed E-state index contributed by atoms with van der Waals surface area (Å²) in [6, 6.07) is 32.2. The van der Waals surface area contributed by atoms with Crippen molar-refractivity contribution in [3.8, 4) is 28.5 Å². The van der Waals surface area contributed by atoms with E-state index in [1.54, 1.807) is 0 Å². The molecule has 0 fully saturated rings. The van der Waals surface area contributed by atoms with E-state index in [0.717, 1.165) is 33.7 Å². The van der Waals surface area contributed by atoms with Crippen LogP contribution in [-0.4, -0.2) is 13.6 Å². The minimum atomic E-state index is 0. The van der Waals surface area contributed by atoms with Crippen molar-refractivity contribution in [2.24, 2.45) is 7.05 Å². The van der Waals surface area contributed by atoms with E-state index < -0.39 is 0 Å². The van der Waals surface area contributed by atoms with Crippen molar-refractivity contribution in [1.82, 2.24) is 0 Å². The monoisotopic (exact) mass is 761 g/mol. The van der Waals surface area contributed by atoms with Gasteiger partial charge < -0.3 is 28.9 Å². The summed E-state index contributed by atoms with van der Waals surface area (Å²) in [5.74, 6) is 0. The molecule has 0 amide bonds. The number of hydrogen-bond donors (Lipinski definition) is 0. The third-order valence-corrected chi connectivity index (χ3v) is 7.25. The first kappa shape index (κ1) is 28.4. The van der Waals surface area contributed by atoms with Crippen molar-refractivity contribution in [1.29, 1.82) is 5.26 Å². The maximum Gasteiger partial charge on any atom is 0.213 e. The molecule has 0 unspecified atom stereocenters. The third-order valence-electron chi connectivity index (χ3n) is 6.00. The van der Waals surface area contributed by atoms with Crippen LogP contribution in [0.1, 0.15) is 17.7 Å². The van der Waals surface area contributed by atoms with E-state index in [-0.39, 0.29) is 24.0 Å². The summed E-state index contributed by atoms with van der Waals surface area (Å²) in [5, 5.41) is 8.83. The van der Waals surface area contributed by atoms with Crippen LogP contribution in [0, 0.1) is 14.9 Å². The van der Waals surface area contributed by atoms with E-state index in [2.05, 4.69) is 158 Å². The topological polar surface area (TPSA) is 30.9 Å². The lowest BCUT2D eigenvalue weighted by Gasteiger charge is -2.17. The van der Waals surface area contributed by atoms with Crippen molar-refractivity contribution >= 4 is 56.4 Å². The molecule has 0 N–H and O–H groups in total. The Morgan fingerprint density at radius 3 is 2.17 bits per heavy atom. The predicted octanol–water partition coefficient (Wildman–Crippen LogP) is 4.74. The highest BCUT2D eigenvalue weighted by Gasteiger charge is 2.17. The second kappa shape index (κ2) is 13.4. The van der Waals surface area contributed by atoms with E-state index in [9.17, 15) is 0 Å². The number of benzene rings is 3. The summed E-state index contributed by atoms with van der Waals surface area (Å²) >= 11 is 5.89. The maximum absolute atomic E-state index is 8.83. The van der Waals surface area contributed by atoms with Crippen LogP contribution in [0.3, 0.4) is 0 Å². The van der Waals surface area contributed by atoms with Gasteiger partial charge in [-0.15, -0.1) is 0 Å². The van der Waals surface area contributed by atoms with Crippen LogP contribution in [0.2, 0.25) is 0 Å². The standard InChI is InChI=1S/C30H26BrIN3.HI/c1-34(19-3-18-33)28-15-4-22(5-16-28)6-17-29-20-25(23-9-13-27(32)14-10-23)21-30(35(29)2)24-7-11-26(31)12-8-24;/h4-17,20-21H,3,19H2,1-2H3;1H/q+1;/p-1. The number of nitriles is 1. The van der Waals surface area contributed by atoms with Gasteiger partial charge in [0, 0.05) is 51.1 Å². The Labute approximate surface area is 252 Å². The molecule has 182 valence electrons. The molecule has 0 radical (unpaired) electrons. The summed E-state index contributed by atoms with van der Waals surface area (Å²) in [5.41, 5.74) is 8.07. The Morgan fingerprint density at radius 2 is 1.53 bits per heavy atom. The van der Waals surface area contributed by atoms with Gasteiger partial charge in [-0.25, -0.2) is 0 Å².